The van der Waals surface area contributed by atoms with Gasteiger partial charge in [0.1, 0.15) is 0 Å². The summed E-state index contributed by atoms with van der Waals surface area (Å²) in [5.74, 6) is -4.28. The molecule has 0 unspecified atom stereocenters. The fourth-order valence-corrected chi connectivity index (χ4v) is 4.82. The molecule has 0 aromatic rings. The van der Waals surface area contributed by atoms with Crippen molar-refractivity contribution < 1.29 is 34.2 Å². The van der Waals surface area contributed by atoms with Gasteiger partial charge in [0.25, 0.3) is 0 Å². The monoisotopic (exact) mass is 414 g/mol. The standard InChI is InChI=1S/C16H20GeO8/c1-9(2)13(18)22-17(23-14(19)10(3)4,24-15(20)11(5)6)25-16(21)12(7)8/h1,3,5,7H2,2,4,6,8H3. The van der Waals surface area contributed by atoms with Crippen LogP contribution in [0.4, 0.5) is 0 Å². The van der Waals surface area contributed by atoms with Gasteiger partial charge in [-0.05, 0) is 0 Å². The number of hydrogen-bond acceptors (Lipinski definition) is 8. The first-order valence-electron chi connectivity index (χ1n) is 6.86. The van der Waals surface area contributed by atoms with E-state index >= 15 is 0 Å². The second kappa shape index (κ2) is 9.02. The van der Waals surface area contributed by atoms with Gasteiger partial charge in [0.2, 0.25) is 0 Å². The molecule has 0 rings (SSSR count). The van der Waals surface area contributed by atoms with Crippen molar-refractivity contribution in [1.82, 2.24) is 0 Å². The van der Waals surface area contributed by atoms with Crippen molar-refractivity contribution in [1.29, 1.82) is 0 Å². The molecule has 136 valence electrons. The molecule has 0 N–H and O–H groups in total. The molecule has 0 heterocycles. The molecule has 0 saturated heterocycles. The molecular formula is C16H20GeO8. The summed E-state index contributed by atoms with van der Waals surface area (Å²) in [4.78, 5) is 47.6. The van der Waals surface area contributed by atoms with E-state index in [-0.39, 0.29) is 22.3 Å². The molecule has 0 aromatic carbocycles. The zero-order chi connectivity index (χ0) is 19.9. The molecule has 0 amide bonds. The van der Waals surface area contributed by atoms with E-state index in [0.717, 1.165) is 0 Å². The Morgan fingerprint density at radius 1 is 0.520 bits per heavy atom. The van der Waals surface area contributed by atoms with Gasteiger partial charge in [-0.25, -0.2) is 0 Å². The third kappa shape index (κ3) is 7.21. The number of hydrogen-bond donors (Lipinski definition) is 0. The maximum atomic E-state index is 11.9. The predicted octanol–water partition coefficient (Wildman–Crippen LogP) is 1.90. The molecule has 0 aliphatic carbocycles. The third-order valence-electron chi connectivity index (χ3n) is 2.26. The van der Waals surface area contributed by atoms with Crippen LogP contribution < -0.4 is 0 Å². The Morgan fingerprint density at radius 2 is 0.680 bits per heavy atom. The molecule has 0 bridgehead atoms. The Kier molecular flexibility index (Phi) is 8.08. The average molecular weight is 413 g/mol. The molecule has 8 nitrogen and oxygen atoms in total. The van der Waals surface area contributed by atoms with Crippen LogP contribution in [0.1, 0.15) is 27.7 Å². The SMILES string of the molecule is C=C(C)C(=O)[O][Ge]([O]C(=O)C(=C)C)([O]C(=O)C(=C)C)[O]C(=O)C(=C)C. The summed E-state index contributed by atoms with van der Waals surface area (Å²) in [6.07, 6.45) is 0. The molecule has 0 fully saturated rings. The molecule has 0 atom stereocenters. The zero-order valence-electron chi connectivity index (χ0n) is 14.6. The van der Waals surface area contributed by atoms with Gasteiger partial charge in [-0.3, -0.25) is 0 Å². The van der Waals surface area contributed by atoms with E-state index in [1.807, 2.05) is 0 Å². The summed E-state index contributed by atoms with van der Waals surface area (Å²) >= 11 is -5.58. The average Bonchev–Trinajstić information content (AvgIpc) is 2.46. The molecule has 0 spiro atoms. The van der Waals surface area contributed by atoms with Crippen LogP contribution in [0.5, 0.6) is 0 Å². The first-order chi connectivity index (χ1) is 11.3. The predicted molar refractivity (Wildman–Crippen MR) is 89.4 cm³/mol. The summed E-state index contributed by atoms with van der Waals surface area (Å²) in [7, 11) is 0. The van der Waals surface area contributed by atoms with E-state index in [1.165, 1.54) is 27.7 Å². The summed E-state index contributed by atoms with van der Waals surface area (Å²) in [6.45, 7) is 18.7. The van der Waals surface area contributed by atoms with Crippen molar-refractivity contribution in [3.8, 4) is 0 Å². The van der Waals surface area contributed by atoms with Gasteiger partial charge in [-0.2, -0.15) is 0 Å². The number of rotatable bonds is 8. The molecule has 0 aliphatic rings. The van der Waals surface area contributed by atoms with E-state index in [1.54, 1.807) is 0 Å². The number of carbonyl (C=O) groups is 4. The fraction of sp³-hybridized carbons (Fsp3) is 0.250. The van der Waals surface area contributed by atoms with Crippen LogP contribution in [-0.4, -0.2) is 38.5 Å². The Hall–Kier alpha value is -2.62. The van der Waals surface area contributed by atoms with Gasteiger partial charge in [-0.15, -0.1) is 0 Å². The Balaban J connectivity index is 6.05. The maximum absolute atomic E-state index is 11.9. The van der Waals surface area contributed by atoms with Gasteiger partial charge in [0, 0.05) is 0 Å². The molecule has 9 heteroatoms. The van der Waals surface area contributed by atoms with E-state index in [0.29, 0.717) is 0 Å². The second-order valence-corrected chi connectivity index (χ2v) is 8.99. The quantitative estimate of drug-likeness (QED) is 0.439. The Bertz CT molecular complexity index is 556. The Morgan fingerprint density at radius 3 is 0.800 bits per heavy atom. The summed E-state index contributed by atoms with van der Waals surface area (Å²) < 4.78 is 19.8. The van der Waals surface area contributed by atoms with Crippen molar-refractivity contribution in [2.24, 2.45) is 0 Å². The van der Waals surface area contributed by atoms with Crippen molar-refractivity contribution >= 4 is 38.5 Å². The summed E-state index contributed by atoms with van der Waals surface area (Å²) in [6, 6.07) is 0. The van der Waals surface area contributed by atoms with Crippen LogP contribution >= 0.6 is 0 Å². The van der Waals surface area contributed by atoms with Crippen LogP contribution in [0.3, 0.4) is 0 Å². The molecule has 0 aliphatic heterocycles. The topological polar surface area (TPSA) is 105 Å². The minimum absolute atomic E-state index is 0.0980. The van der Waals surface area contributed by atoms with Crippen LogP contribution in [0.2, 0.25) is 0 Å². The van der Waals surface area contributed by atoms with Crippen molar-refractivity contribution in [2.45, 2.75) is 27.7 Å². The van der Waals surface area contributed by atoms with E-state index in [4.69, 9.17) is 15.1 Å². The summed E-state index contributed by atoms with van der Waals surface area (Å²) in [5.41, 5.74) is -0.392. The molecular weight excluding hydrogens is 393 g/mol. The van der Waals surface area contributed by atoms with Gasteiger partial charge in [0.15, 0.2) is 0 Å². The molecule has 0 radical (unpaired) electrons. The van der Waals surface area contributed by atoms with Crippen molar-refractivity contribution in [3.05, 3.63) is 48.6 Å². The van der Waals surface area contributed by atoms with Crippen molar-refractivity contribution in [2.75, 3.05) is 0 Å². The van der Waals surface area contributed by atoms with Crippen LogP contribution in [0, 0.1) is 0 Å². The van der Waals surface area contributed by atoms with Gasteiger partial charge in [0.05, 0.1) is 0 Å². The Labute approximate surface area is 149 Å². The van der Waals surface area contributed by atoms with Crippen LogP contribution in [0.25, 0.3) is 0 Å². The third-order valence-corrected chi connectivity index (χ3v) is 5.92. The van der Waals surface area contributed by atoms with Crippen molar-refractivity contribution in [3.63, 3.8) is 0 Å². The molecule has 0 aromatic heterocycles. The van der Waals surface area contributed by atoms with Gasteiger partial charge in [-0.1, -0.05) is 0 Å². The minimum atomic E-state index is -5.58. The first-order valence-corrected chi connectivity index (χ1v) is 10.3. The molecule has 25 heavy (non-hydrogen) atoms. The van der Waals surface area contributed by atoms with Gasteiger partial charge >= 0.3 is 149 Å². The first kappa shape index (κ1) is 22.4. The summed E-state index contributed by atoms with van der Waals surface area (Å²) in [5, 5.41) is 0. The zero-order valence-corrected chi connectivity index (χ0v) is 16.7. The number of carbonyl (C=O) groups excluding carboxylic acids is 4. The normalized spacial score (nSPS) is 10.1. The van der Waals surface area contributed by atoms with Crippen LogP contribution in [0.15, 0.2) is 48.6 Å². The van der Waals surface area contributed by atoms with E-state index < -0.39 is 38.5 Å². The molecule has 0 saturated carbocycles. The van der Waals surface area contributed by atoms with E-state index in [9.17, 15) is 19.2 Å². The van der Waals surface area contributed by atoms with Gasteiger partial charge < -0.3 is 0 Å². The van der Waals surface area contributed by atoms with Crippen LogP contribution in [-0.2, 0) is 34.2 Å². The second-order valence-electron chi connectivity index (χ2n) is 5.18. The fourth-order valence-electron chi connectivity index (χ4n) is 0.928. The van der Waals surface area contributed by atoms with E-state index in [2.05, 4.69) is 26.3 Å².